The number of urea groups is 1. The SMILES string of the molecule is CCOC(=O)c1c(-c2ccc(OC)cc2)csc1NC(=O)C1CCN(C(=O)N(C)C)CC1. The van der Waals surface area contributed by atoms with Gasteiger partial charge in [0.15, 0.2) is 0 Å². The summed E-state index contributed by atoms with van der Waals surface area (Å²) in [5.41, 5.74) is 1.90. The van der Waals surface area contributed by atoms with E-state index in [1.807, 2.05) is 29.6 Å². The molecule has 1 N–H and O–H groups in total. The highest BCUT2D eigenvalue weighted by Gasteiger charge is 2.30. The van der Waals surface area contributed by atoms with E-state index in [1.165, 1.54) is 11.3 Å². The molecular weight excluding hydrogens is 430 g/mol. The zero-order valence-electron chi connectivity index (χ0n) is 18.8. The van der Waals surface area contributed by atoms with Gasteiger partial charge in [-0.05, 0) is 37.5 Å². The van der Waals surface area contributed by atoms with E-state index >= 15 is 0 Å². The van der Waals surface area contributed by atoms with Crippen molar-refractivity contribution in [3.63, 3.8) is 0 Å². The molecule has 0 atom stereocenters. The number of carbonyl (C=O) groups excluding carboxylic acids is 3. The molecule has 3 amide bonds. The fraction of sp³-hybridized carbons (Fsp3) is 0.435. The quantitative estimate of drug-likeness (QED) is 0.661. The van der Waals surface area contributed by atoms with Gasteiger partial charge in [0.05, 0.1) is 13.7 Å². The van der Waals surface area contributed by atoms with Crippen LogP contribution in [0, 0.1) is 5.92 Å². The highest BCUT2D eigenvalue weighted by atomic mass is 32.1. The molecule has 9 heteroatoms. The monoisotopic (exact) mass is 459 g/mol. The number of hydrogen-bond acceptors (Lipinski definition) is 6. The number of amides is 3. The Morgan fingerprint density at radius 1 is 1.16 bits per heavy atom. The van der Waals surface area contributed by atoms with Crippen LogP contribution < -0.4 is 10.1 Å². The van der Waals surface area contributed by atoms with Crippen molar-refractivity contribution in [1.82, 2.24) is 9.80 Å². The van der Waals surface area contributed by atoms with Crippen molar-refractivity contribution in [2.75, 3.05) is 46.2 Å². The summed E-state index contributed by atoms with van der Waals surface area (Å²) < 4.78 is 10.5. The molecule has 32 heavy (non-hydrogen) atoms. The summed E-state index contributed by atoms with van der Waals surface area (Å²) in [7, 11) is 5.03. The van der Waals surface area contributed by atoms with Gasteiger partial charge in [-0.1, -0.05) is 12.1 Å². The van der Waals surface area contributed by atoms with Crippen molar-refractivity contribution in [3.8, 4) is 16.9 Å². The third-order valence-corrected chi connectivity index (χ3v) is 6.32. The lowest BCUT2D eigenvalue weighted by Crippen LogP contribution is -2.45. The standard InChI is InChI=1S/C23H29N3O5S/c1-5-31-22(28)19-18(15-6-8-17(30-4)9-7-15)14-32-21(19)24-20(27)16-10-12-26(13-11-16)23(29)25(2)3/h6-9,14,16H,5,10-13H2,1-4H3,(H,24,27). The van der Waals surface area contributed by atoms with Gasteiger partial charge in [0.1, 0.15) is 16.3 Å². The number of anilines is 1. The van der Waals surface area contributed by atoms with E-state index < -0.39 is 5.97 Å². The zero-order chi connectivity index (χ0) is 23.3. The molecule has 172 valence electrons. The van der Waals surface area contributed by atoms with E-state index in [1.54, 1.807) is 37.9 Å². The minimum atomic E-state index is -0.471. The number of esters is 1. The Bertz CT molecular complexity index is 963. The minimum absolute atomic E-state index is 0.0455. The van der Waals surface area contributed by atoms with E-state index in [-0.39, 0.29) is 24.5 Å². The fourth-order valence-electron chi connectivity index (χ4n) is 3.67. The van der Waals surface area contributed by atoms with E-state index in [0.717, 1.165) is 5.56 Å². The highest BCUT2D eigenvalue weighted by Crippen LogP contribution is 2.37. The molecule has 1 aliphatic heterocycles. The number of piperidine rings is 1. The van der Waals surface area contributed by atoms with E-state index in [4.69, 9.17) is 9.47 Å². The molecule has 2 aromatic rings. The Morgan fingerprint density at radius 3 is 2.38 bits per heavy atom. The van der Waals surface area contributed by atoms with Gasteiger partial charge in [-0.2, -0.15) is 0 Å². The van der Waals surface area contributed by atoms with Crippen LogP contribution >= 0.6 is 11.3 Å². The molecular formula is C23H29N3O5S. The number of nitrogens with zero attached hydrogens (tertiary/aromatic N) is 2. The number of nitrogens with one attached hydrogen (secondary N) is 1. The number of carbonyl (C=O) groups is 3. The maximum atomic E-state index is 13.0. The molecule has 8 nitrogen and oxygen atoms in total. The maximum Gasteiger partial charge on any atom is 0.341 e. The van der Waals surface area contributed by atoms with Crippen molar-refractivity contribution in [3.05, 3.63) is 35.2 Å². The first kappa shape index (κ1) is 23.6. The first-order chi connectivity index (χ1) is 15.3. The van der Waals surface area contributed by atoms with Crippen LogP contribution in [-0.2, 0) is 9.53 Å². The van der Waals surface area contributed by atoms with Gasteiger partial charge in [0.25, 0.3) is 0 Å². The largest absolute Gasteiger partial charge is 0.497 e. The molecule has 1 saturated heterocycles. The molecule has 0 saturated carbocycles. The van der Waals surface area contributed by atoms with Crippen molar-refractivity contribution in [1.29, 1.82) is 0 Å². The first-order valence-electron chi connectivity index (χ1n) is 10.6. The molecule has 0 unspecified atom stereocenters. The van der Waals surface area contributed by atoms with Crippen LogP contribution in [0.3, 0.4) is 0 Å². The molecule has 1 fully saturated rings. The second kappa shape index (κ2) is 10.5. The van der Waals surface area contributed by atoms with E-state index in [9.17, 15) is 14.4 Å². The summed E-state index contributed by atoms with van der Waals surface area (Å²) in [6.07, 6.45) is 1.16. The molecule has 3 rings (SSSR count). The van der Waals surface area contributed by atoms with Crippen LogP contribution in [0.5, 0.6) is 5.75 Å². The van der Waals surface area contributed by atoms with Gasteiger partial charge in [0, 0.05) is 44.0 Å². The number of likely N-dealkylation sites (tertiary alicyclic amines) is 1. The maximum absolute atomic E-state index is 13.0. The Balaban J connectivity index is 1.77. The Labute approximate surface area is 192 Å². The second-order valence-corrected chi connectivity index (χ2v) is 8.61. The summed E-state index contributed by atoms with van der Waals surface area (Å²) in [6, 6.07) is 7.33. The Morgan fingerprint density at radius 2 is 1.81 bits per heavy atom. The van der Waals surface area contributed by atoms with Crippen LogP contribution in [0.4, 0.5) is 9.80 Å². The van der Waals surface area contributed by atoms with Crippen molar-refractivity contribution < 1.29 is 23.9 Å². The molecule has 1 aromatic heterocycles. The van der Waals surface area contributed by atoms with Crippen LogP contribution in [0.25, 0.3) is 11.1 Å². The van der Waals surface area contributed by atoms with Gasteiger partial charge in [-0.3, -0.25) is 4.79 Å². The first-order valence-corrected chi connectivity index (χ1v) is 11.4. The van der Waals surface area contributed by atoms with Crippen molar-refractivity contribution in [2.24, 2.45) is 5.92 Å². The summed E-state index contributed by atoms with van der Waals surface area (Å²) in [4.78, 5) is 41.1. The minimum Gasteiger partial charge on any atom is -0.497 e. The number of hydrogen-bond donors (Lipinski definition) is 1. The molecule has 1 aliphatic rings. The van der Waals surface area contributed by atoms with Crippen LogP contribution in [0.1, 0.15) is 30.1 Å². The number of methoxy groups -OCH3 is 1. The van der Waals surface area contributed by atoms with Gasteiger partial charge in [0.2, 0.25) is 5.91 Å². The number of thiophene rings is 1. The molecule has 1 aromatic carbocycles. The number of benzene rings is 1. The van der Waals surface area contributed by atoms with Crippen LogP contribution in [-0.4, -0.2) is 68.6 Å². The number of rotatable bonds is 6. The smallest absolute Gasteiger partial charge is 0.341 e. The third-order valence-electron chi connectivity index (χ3n) is 5.43. The Hall–Kier alpha value is -3.07. The zero-order valence-corrected chi connectivity index (χ0v) is 19.7. The predicted molar refractivity (Wildman–Crippen MR) is 124 cm³/mol. The lowest BCUT2D eigenvalue weighted by atomic mass is 9.96. The van der Waals surface area contributed by atoms with E-state index in [0.29, 0.717) is 47.8 Å². The third kappa shape index (κ3) is 5.21. The summed E-state index contributed by atoms with van der Waals surface area (Å²) >= 11 is 1.30. The van der Waals surface area contributed by atoms with Crippen LogP contribution in [0.15, 0.2) is 29.6 Å². The summed E-state index contributed by atoms with van der Waals surface area (Å²) in [5, 5.41) is 5.27. The van der Waals surface area contributed by atoms with Crippen LogP contribution in [0.2, 0.25) is 0 Å². The van der Waals surface area contributed by atoms with Gasteiger partial charge < -0.3 is 24.6 Å². The van der Waals surface area contributed by atoms with Gasteiger partial charge >= 0.3 is 12.0 Å². The molecule has 2 heterocycles. The van der Waals surface area contributed by atoms with Crippen molar-refractivity contribution in [2.45, 2.75) is 19.8 Å². The lowest BCUT2D eigenvalue weighted by Gasteiger charge is -2.33. The summed E-state index contributed by atoms with van der Waals surface area (Å²) in [5.74, 6) is -0.117. The average Bonchev–Trinajstić information content (AvgIpc) is 3.22. The summed E-state index contributed by atoms with van der Waals surface area (Å²) in [6.45, 7) is 3.05. The molecule has 0 radical (unpaired) electrons. The van der Waals surface area contributed by atoms with Crippen molar-refractivity contribution >= 4 is 34.2 Å². The fourth-order valence-corrected chi connectivity index (χ4v) is 4.63. The molecule has 0 bridgehead atoms. The van der Waals surface area contributed by atoms with Gasteiger partial charge in [-0.15, -0.1) is 11.3 Å². The number of ether oxygens (including phenoxy) is 2. The normalized spacial score (nSPS) is 14.1. The highest BCUT2D eigenvalue weighted by molar-refractivity contribution is 7.15. The molecule has 0 aliphatic carbocycles. The molecule has 0 spiro atoms. The Kier molecular flexibility index (Phi) is 7.74. The average molecular weight is 460 g/mol. The van der Waals surface area contributed by atoms with E-state index in [2.05, 4.69) is 5.32 Å². The topological polar surface area (TPSA) is 88.2 Å². The lowest BCUT2D eigenvalue weighted by molar-refractivity contribution is -0.121. The van der Waals surface area contributed by atoms with Gasteiger partial charge in [-0.25, -0.2) is 9.59 Å². The second-order valence-electron chi connectivity index (χ2n) is 7.73. The predicted octanol–water partition coefficient (Wildman–Crippen LogP) is 3.93.